The number of hydrogen-bond acceptors (Lipinski definition) is 4. The van der Waals surface area contributed by atoms with E-state index in [2.05, 4.69) is 0 Å². The van der Waals surface area contributed by atoms with Crippen LogP contribution >= 0.6 is 0 Å². The van der Waals surface area contributed by atoms with E-state index in [1.165, 1.54) is 18.2 Å². The zero-order chi connectivity index (χ0) is 14.5. The molecule has 2 N–H and O–H groups in total. The molecule has 5 heteroatoms. The molecule has 0 amide bonds. The molecule has 104 valence electrons. The van der Waals surface area contributed by atoms with Crippen LogP contribution in [0.25, 0.3) is 0 Å². The molecule has 0 aliphatic rings. The molecule has 0 aliphatic heterocycles. The first-order valence-corrected chi connectivity index (χ1v) is 5.92. The highest BCUT2D eigenvalue weighted by atomic mass is 16.5. The van der Waals surface area contributed by atoms with E-state index in [-0.39, 0.29) is 17.9 Å². The number of phenols is 1. The minimum Gasteiger partial charge on any atom is -0.508 e. The van der Waals surface area contributed by atoms with Crippen molar-refractivity contribution in [3.05, 3.63) is 53.6 Å². The van der Waals surface area contributed by atoms with Crippen molar-refractivity contribution in [1.29, 1.82) is 0 Å². The molecule has 0 heterocycles. The van der Waals surface area contributed by atoms with Crippen molar-refractivity contribution >= 4 is 5.97 Å². The Morgan fingerprint density at radius 2 is 1.90 bits per heavy atom. The van der Waals surface area contributed by atoms with E-state index in [4.69, 9.17) is 14.6 Å². The fraction of sp³-hybridized carbons (Fsp3) is 0.133. The second-order valence-electron chi connectivity index (χ2n) is 4.11. The molecule has 0 saturated heterocycles. The molecule has 0 unspecified atom stereocenters. The SMILES string of the molecule is COc1cccc(OCc2ccc(O)cc2C(=O)O)c1. The summed E-state index contributed by atoms with van der Waals surface area (Å²) >= 11 is 0. The molecule has 0 saturated carbocycles. The van der Waals surface area contributed by atoms with Gasteiger partial charge in [0.2, 0.25) is 0 Å². The topological polar surface area (TPSA) is 76.0 Å². The van der Waals surface area contributed by atoms with Crippen molar-refractivity contribution in [3.63, 3.8) is 0 Å². The molecule has 0 bridgehead atoms. The number of carboxylic acid groups (broad SMARTS) is 1. The third-order valence-corrected chi connectivity index (χ3v) is 2.76. The number of carboxylic acids is 1. The number of phenolic OH excluding ortho intramolecular Hbond substituents is 1. The average molecular weight is 274 g/mol. The van der Waals surface area contributed by atoms with E-state index in [0.717, 1.165) is 0 Å². The van der Waals surface area contributed by atoms with Crippen LogP contribution < -0.4 is 9.47 Å². The van der Waals surface area contributed by atoms with Gasteiger partial charge in [0.1, 0.15) is 23.9 Å². The molecule has 2 aromatic rings. The molecule has 0 aliphatic carbocycles. The first-order chi connectivity index (χ1) is 9.60. The summed E-state index contributed by atoms with van der Waals surface area (Å²) in [7, 11) is 1.56. The summed E-state index contributed by atoms with van der Waals surface area (Å²) in [5.41, 5.74) is 0.506. The van der Waals surface area contributed by atoms with Crippen molar-refractivity contribution in [2.24, 2.45) is 0 Å². The maximum atomic E-state index is 11.1. The van der Waals surface area contributed by atoms with Gasteiger partial charge in [-0.1, -0.05) is 12.1 Å². The minimum absolute atomic E-state index is 0.0212. The van der Waals surface area contributed by atoms with Crippen molar-refractivity contribution < 1.29 is 24.5 Å². The summed E-state index contributed by atoms with van der Waals surface area (Å²) in [6.45, 7) is 0.0923. The number of aromatic hydroxyl groups is 1. The van der Waals surface area contributed by atoms with Crippen molar-refractivity contribution in [2.45, 2.75) is 6.61 Å². The molecular formula is C15H14O5. The zero-order valence-corrected chi connectivity index (χ0v) is 10.9. The van der Waals surface area contributed by atoms with E-state index in [9.17, 15) is 9.90 Å². The molecule has 0 radical (unpaired) electrons. The average Bonchev–Trinajstić information content (AvgIpc) is 2.46. The molecule has 2 rings (SSSR count). The summed E-state index contributed by atoms with van der Waals surface area (Å²) in [6.07, 6.45) is 0. The summed E-state index contributed by atoms with van der Waals surface area (Å²) < 4.78 is 10.6. The summed E-state index contributed by atoms with van der Waals surface area (Å²) in [5, 5.41) is 18.4. The van der Waals surface area contributed by atoms with Crippen LogP contribution in [0.5, 0.6) is 17.2 Å². The second-order valence-corrected chi connectivity index (χ2v) is 4.11. The molecule has 20 heavy (non-hydrogen) atoms. The van der Waals surface area contributed by atoms with Crippen LogP contribution in [0.1, 0.15) is 15.9 Å². The van der Waals surface area contributed by atoms with Crippen LogP contribution in [-0.2, 0) is 6.61 Å². The predicted molar refractivity (Wildman–Crippen MR) is 72.4 cm³/mol. The fourth-order valence-corrected chi connectivity index (χ4v) is 1.74. The van der Waals surface area contributed by atoms with Gasteiger partial charge in [-0.3, -0.25) is 0 Å². The Hall–Kier alpha value is -2.69. The maximum Gasteiger partial charge on any atom is 0.336 e. The quantitative estimate of drug-likeness (QED) is 0.876. The van der Waals surface area contributed by atoms with Gasteiger partial charge >= 0.3 is 5.97 Å². The molecule has 0 atom stereocenters. The Bertz CT molecular complexity index is 621. The largest absolute Gasteiger partial charge is 0.508 e. The van der Waals surface area contributed by atoms with Gasteiger partial charge in [0.05, 0.1) is 12.7 Å². The molecule has 0 spiro atoms. The van der Waals surface area contributed by atoms with E-state index >= 15 is 0 Å². The first kappa shape index (κ1) is 13.7. The number of benzene rings is 2. The Labute approximate surface area is 116 Å². The van der Waals surface area contributed by atoms with Crippen molar-refractivity contribution in [2.75, 3.05) is 7.11 Å². The summed E-state index contributed by atoms with van der Waals surface area (Å²) in [6, 6.07) is 11.2. The van der Waals surface area contributed by atoms with Crippen LogP contribution in [0.4, 0.5) is 0 Å². The highest BCUT2D eigenvalue weighted by Crippen LogP contribution is 2.22. The third-order valence-electron chi connectivity index (χ3n) is 2.76. The van der Waals surface area contributed by atoms with Gasteiger partial charge in [-0.25, -0.2) is 4.79 Å². The van der Waals surface area contributed by atoms with Gasteiger partial charge in [0.15, 0.2) is 0 Å². The van der Waals surface area contributed by atoms with Crippen LogP contribution in [-0.4, -0.2) is 23.3 Å². The zero-order valence-electron chi connectivity index (χ0n) is 10.9. The molecular weight excluding hydrogens is 260 g/mol. The Morgan fingerprint density at radius 1 is 1.15 bits per heavy atom. The molecule has 5 nitrogen and oxygen atoms in total. The number of carbonyl (C=O) groups is 1. The lowest BCUT2D eigenvalue weighted by Crippen LogP contribution is -2.05. The van der Waals surface area contributed by atoms with Crippen LogP contribution in [0.3, 0.4) is 0 Å². The highest BCUT2D eigenvalue weighted by molar-refractivity contribution is 5.89. The van der Waals surface area contributed by atoms with E-state index in [1.54, 1.807) is 31.4 Å². The van der Waals surface area contributed by atoms with Gasteiger partial charge in [0.25, 0.3) is 0 Å². The number of aromatic carboxylic acids is 1. The maximum absolute atomic E-state index is 11.1. The normalized spacial score (nSPS) is 10.1. The van der Waals surface area contributed by atoms with Crippen LogP contribution in [0.15, 0.2) is 42.5 Å². The second kappa shape index (κ2) is 5.97. The monoisotopic (exact) mass is 274 g/mol. The van der Waals surface area contributed by atoms with Crippen molar-refractivity contribution in [1.82, 2.24) is 0 Å². The van der Waals surface area contributed by atoms with E-state index in [1.807, 2.05) is 0 Å². The Balaban J connectivity index is 2.16. The van der Waals surface area contributed by atoms with E-state index in [0.29, 0.717) is 17.1 Å². The highest BCUT2D eigenvalue weighted by Gasteiger charge is 2.11. The van der Waals surface area contributed by atoms with E-state index < -0.39 is 5.97 Å². The predicted octanol–water partition coefficient (Wildman–Crippen LogP) is 2.68. The van der Waals surface area contributed by atoms with Gasteiger partial charge in [-0.05, 0) is 24.3 Å². The van der Waals surface area contributed by atoms with Gasteiger partial charge in [0, 0.05) is 11.6 Å². The third kappa shape index (κ3) is 3.20. The first-order valence-electron chi connectivity index (χ1n) is 5.92. The minimum atomic E-state index is -1.11. The standard InChI is InChI=1S/C15H14O5/c1-19-12-3-2-4-13(8-12)20-9-10-5-6-11(16)7-14(10)15(17)18/h2-8,16H,9H2,1H3,(H,17,18). The van der Waals surface area contributed by atoms with Crippen LogP contribution in [0, 0.1) is 0 Å². The lowest BCUT2D eigenvalue weighted by atomic mass is 10.1. The van der Waals surface area contributed by atoms with Crippen molar-refractivity contribution in [3.8, 4) is 17.2 Å². The number of methoxy groups -OCH3 is 1. The Morgan fingerprint density at radius 3 is 2.60 bits per heavy atom. The van der Waals surface area contributed by atoms with Gasteiger partial charge in [-0.15, -0.1) is 0 Å². The van der Waals surface area contributed by atoms with Gasteiger partial charge in [-0.2, -0.15) is 0 Å². The number of hydrogen-bond donors (Lipinski definition) is 2. The summed E-state index contributed by atoms with van der Waals surface area (Å²) in [4.78, 5) is 11.1. The summed E-state index contributed by atoms with van der Waals surface area (Å²) in [5.74, 6) is 0.0399. The lowest BCUT2D eigenvalue weighted by molar-refractivity contribution is 0.0693. The van der Waals surface area contributed by atoms with Crippen LogP contribution in [0.2, 0.25) is 0 Å². The smallest absolute Gasteiger partial charge is 0.336 e. The number of rotatable bonds is 5. The molecule has 0 aromatic heterocycles. The molecule has 2 aromatic carbocycles. The Kier molecular flexibility index (Phi) is 4.10. The molecule has 0 fully saturated rings. The fourth-order valence-electron chi connectivity index (χ4n) is 1.74. The lowest BCUT2D eigenvalue weighted by Gasteiger charge is -2.10. The number of ether oxygens (including phenoxy) is 2. The van der Waals surface area contributed by atoms with Gasteiger partial charge < -0.3 is 19.7 Å².